The molecule has 1 fully saturated rings. The van der Waals surface area contributed by atoms with Crippen LogP contribution in [0.3, 0.4) is 0 Å². The van der Waals surface area contributed by atoms with Crippen molar-refractivity contribution in [2.45, 2.75) is 4.75 Å². The van der Waals surface area contributed by atoms with E-state index in [1.54, 1.807) is 36.7 Å². The fourth-order valence-corrected chi connectivity index (χ4v) is 6.17. The van der Waals surface area contributed by atoms with Crippen molar-refractivity contribution in [2.75, 3.05) is 31.1 Å². The van der Waals surface area contributed by atoms with Crippen molar-refractivity contribution in [3.63, 3.8) is 0 Å². The molecule has 1 saturated heterocycles. The van der Waals surface area contributed by atoms with E-state index in [0.29, 0.717) is 23.7 Å². The van der Waals surface area contributed by atoms with Gasteiger partial charge in [-0.15, -0.1) is 0 Å². The lowest BCUT2D eigenvalue weighted by molar-refractivity contribution is -0.145. The van der Waals surface area contributed by atoms with Crippen LogP contribution in [0.4, 0.5) is 5.69 Å². The molecule has 1 N–H and O–H groups in total. The Morgan fingerprint density at radius 3 is 2.31 bits per heavy atom. The van der Waals surface area contributed by atoms with E-state index in [4.69, 9.17) is 11.6 Å². The minimum Gasteiger partial charge on any atom is -0.481 e. The molecule has 4 rings (SSSR count). The molecule has 182 valence electrons. The molecule has 10 heteroatoms. The predicted molar refractivity (Wildman–Crippen MR) is 135 cm³/mol. The van der Waals surface area contributed by atoms with E-state index in [-0.39, 0.29) is 13.1 Å². The van der Waals surface area contributed by atoms with Crippen molar-refractivity contribution in [1.29, 1.82) is 0 Å². The number of hydrogen-bond acceptors (Lipinski definition) is 6. The SMILES string of the molecule is O=C(O)C1C=CC=CC1(C(=O)N1CCN(c2ccncc2)CC1)S(=O)(=O)/C=C/c1ccc(Cl)cc1. The van der Waals surface area contributed by atoms with E-state index in [2.05, 4.69) is 9.88 Å². The van der Waals surface area contributed by atoms with Gasteiger partial charge in [0.05, 0.1) is 0 Å². The Morgan fingerprint density at radius 2 is 1.69 bits per heavy atom. The van der Waals surface area contributed by atoms with Crippen LogP contribution >= 0.6 is 11.6 Å². The van der Waals surface area contributed by atoms with Crippen LogP contribution in [0.25, 0.3) is 6.08 Å². The average molecular weight is 514 g/mol. The van der Waals surface area contributed by atoms with Gasteiger partial charge in [-0.1, -0.05) is 48.0 Å². The molecule has 1 aromatic carbocycles. The summed E-state index contributed by atoms with van der Waals surface area (Å²) in [6, 6.07) is 10.2. The van der Waals surface area contributed by atoms with Gasteiger partial charge in [0.1, 0.15) is 5.92 Å². The summed E-state index contributed by atoms with van der Waals surface area (Å²) in [4.78, 5) is 33.5. The maximum absolute atomic E-state index is 13.9. The first-order chi connectivity index (χ1) is 16.7. The minimum atomic E-state index is -4.41. The Bertz CT molecular complexity index is 1280. The monoisotopic (exact) mass is 513 g/mol. The number of anilines is 1. The highest BCUT2D eigenvalue weighted by Gasteiger charge is 2.58. The summed E-state index contributed by atoms with van der Waals surface area (Å²) in [7, 11) is -4.41. The van der Waals surface area contributed by atoms with E-state index in [0.717, 1.165) is 11.1 Å². The molecule has 1 aliphatic carbocycles. The number of carboxylic acid groups (broad SMARTS) is 1. The van der Waals surface area contributed by atoms with E-state index < -0.39 is 32.4 Å². The van der Waals surface area contributed by atoms with Crippen molar-refractivity contribution in [2.24, 2.45) is 5.92 Å². The second-order valence-electron chi connectivity index (χ2n) is 8.24. The summed E-state index contributed by atoms with van der Waals surface area (Å²) in [6.07, 6.45) is 10.0. The minimum absolute atomic E-state index is 0.253. The van der Waals surface area contributed by atoms with Crippen LogP contribution in [0.2, 0.25) is 5.02 Å². The maximum Gasteiger partial charge on any atom is 0.312 e. The number of hydrogen-bond donors (Lipinski definition) is 1. The zero-order valence-electron chi connectivity index (χ0n) is 18.7. The van der Waals surface area contributed by atoms with E-state index in [1.807, 2.05) is 12.1 Å². The van der Waals surface area contributed by atoms with Crippen LogP contribution in [-0.4, -0.2) is 66.2 Å². The Balaban J connectivity index is 1.66. The number of nitrogens with zero attached hydrogens (tertiary/aromatic N) is 3. The number of pyridine rings is 1. The molecule has 2 aliphatic rings. The summed E-state index contributed by atoms with van der Waals surface area (Å²) < 4.78 is 25.1. The molecule has 8 nitrogen and oxygen atoms in total. The summed E-state index contributed by atoms with van der Waals surface area (Å²) in [5, 5.41) is 11.3. The van der Waals surface area contributed by atoms with Crippen LogP contribution < -0.4 is 4.90 Å². The largest absolute Gasteiger partial charge is 0.481 e. The van der Waals surface area contributed by atoms with Crippen molar-refractivity contribution in [1.82, 2.24) is 9.88 Å². The Kier molecular flexibility index (Phi) is 7.09. The number of allylic oxidation sites excluding steroid dienone is 2. The first kappa shape index (κ1) is 24.7. The molecule has 0 spiro atoms. The smallest absolute Gasteiger partial charge is 0.312 e. The number of carboxylic acids is 1. The van der Waals surface area contributed by atoms with E-state index >= 15 is 0 Å². The highest BCUT2D eigenvalue weighted by molar-refractivity contribution is 7.96. The summed E-state index contributed by atoms with van der Waals surface area (Å²) >= 11 is 5.90. The van der Waals surface area contributed by atoms with Gasteiger partial charge in [0, 0.05) is 54.7 Å². The molecule has 1 aliphatic heterocycles. The summed E-state index contributed by atoms with van der Waals surface area (Å²) in [6.45, 7) is 1.46. The lowest BCUT2D eigenvalue weighted by Crippen LogP contribution is -2.61. The van der Waals surface area contributed by atoms with Crippen molar-refractivity contribution >= 4 is 45.1 Å². The van der Waals surface area contributed by atoms with Crippen LogP contribution in [0.5, 0.6) is 0 Å². The van der Waals surface area contributed by atoms with Crippen LogP contribution in [0.15, 0.2) is 78.5 Å². The van der Waals surface area contributed by atoms with Gasteiger partial charge in [0.15, 0.2) is 14.6 Å². The van der Waals surface area contributed by atoms with Crippen LogP contribution in [0.1, 0.15) is 5.56 Å². The van der Waals surface area contributed by atoms with Gasteiger partial charge in [-0.3, -0.25) is 14.6 Å². The van der Waals surface area contributed by atoms with Crippen molar-refractivity contribution in [3.05, 3.63) is 89.1 Å². The number of aliphatic carboxylic acids is 1. The number of amides is 1. The molecule has 0 bridgehead atoms. The zero-order valence-corrected chi connectivity index (χ0v) is 20.3. The van der Waals surface area contributed by atoms with E-state index in [9.17, 15) is 23.1 Å². The number of carbonyl (C=O) groups excluding carboxylic acids is 1. The third-order valence-corrected chi connectivity index (χ3v) is 8.45. The third kappa shape index (κ3) is 4.87. The molecular weight excluding hydrogens is 490 g/mol. The zero-order chi connectivity index (χ0) is 25.1. The van der Waals surface area contributed by atoms with Gasteiger partial charge >= 0.3 is 5.97 Å². The van der Waals surface area contributed by atoms with Gasteiger partial charge in [-0.2, -0.15) is 0 Å². The molecule has 1 amide bonds. The van der Waals surface area contributed by atoms with Gasteiger partial charge in [0.2, 0.25) is 5.91 Å². The molecule has 0 radical (unpaired) electrons. The molecule has 2 atom stereocenters. The molecule has 1 aromatic heterocycles. The number of sulfone groups is 1. The summed E-state index contributed by atoms with van der Waals surface area (Å²) in [5.41, 5.74) is 1.50. The number of halogens is 1. The van der Waals surface area contributed by atoms with Crippen molar-refractivity contribution < 1.29 is 23.1 Å². The molecule has 0 saturated carbocycles. The second kappa shape index (κ2) is 10.1. The van der Waals surface area contributed by atoms with E-state index in [1.165, 1.54) is 35.3 Å². The fourth-order valence-electron chi connectivity index (χ4n) is 4.31. The normalized spacial score (nSPS) is 22.5. The fraction of sp³-hybridized carbons (Fsp3) is 0.240. The number of benzene rings is 1. The molecule has 2 heterocycles. The van der Waals surface area contributed by atoms with Gasteiger partial charge in [0.25, 0.3) is 0 Å². The standard InChI is InChI=1S/C25H24ClN3O5S/c26-20-6-4-19(5-7-20)10-18-35(33,34)25(11-2-1-3-22(25)23(30)31)24(32)29-16-14-28(15-17-29)21-8-12-27-13-9-21/h1-13,18,22H,14-17H2,(H,30,31)/b18-10+. The molecule has 35 heavy (non-hydrogen) atoms. The molecule has 2 unspecified atom stereocenters. The summed E-state index contributed by atoms with van der Waals surface area (Å²) in [5.74, 6) is -3.71. The lowest BCUT2D eigenvalue weighted by atomic mass is 9.86. The maximum atomic E-state index is 13.9. The Labute approximate surface area is 208 Å². The lowest BCUT2D eigenvalue weighted by Gasteiger charge is -2.41. The number of piperazine rings is 1. The third-order valence-electron chi connectivity index (χ3n) is 6.20. The number of carbonyl (C=O) groups is 2. The topological polar surface area (TPSA) is 108 Å². The second-order valence-corrected chi connectivity index (χ2v) is 10.7. The Morgan fingerprint density at radius 1 is 1.03 bits per heavy atom. The van der Waals surface area contributed by atoms with Crippen molar-refractivity contribution in [3.8, 4) is 0 Å². The first-order valence-corrected chi connectivity index (χ1v) is 12.9. The Hall–Kier alpha value is -3.43. The molecular formula is C25H24ClN3O5S. The van der Waals surface area contributed by atoms with Gasteiger partial charge in [-0.05, 0) is 35.9 Å². The number of aromatic nitrogens is 1. The average Bonchev–Trinajstić information content (AvgIpc) is 2.88. The quantitative estimate of drug-likeness (QED) is 0.632. The molecule has 2 aromatic rings. The van der Waals surface area contributed by atoms with Crippen LogP contribution in [0, 0.1) is 5.92 Å². The first-order valence-electron chi connectivity index (χ1n) is 11.0. The van der Waals surface area contributed by atoms with Gasteiger partial charge < -0.3 is 14.9 Å². The van der Waals surface area contributed by atoms with Gasteiger partial charge in [-0.25, -0.2) is 8.42 Å². The highest BCUT2D eigenvalue weighted by Crippen LogP contribution is 2.37. The number of rotatable bonds is 6. The van der Waals surface area contributed by atoms with Crippen LogP contribution in [-0.2, 0) is 19.4 Å². The predicted octanol–water partition coefficient (Wildman–Crippen LogP) is 3.03. The highest BCUT2D eigenvalue weighted by atomic mass is 35.5.